The van der Waals surface area contributed by atoms with E-state index < -0.39 is 12.1 Å². The summed E-state index contributed by atoms with van der Waals surface area (Å²) < 4.78 is 1.87. The van der Waals surface area contributed by atoms with Crippen molar-refractivity contribution in [1.29, 1.82) is 0 Å². The molecular formula is C12H14Br3NO2. The molecule has 100 valence electrons. The van der Waals surface area contributed by atoms with Crippen molar-refractivity contribution in [2.24, 2.45) is 11.7 Å². The zero-order valence-electron chi connectivity index (χ0n) is 9.54. The van der Waals surface area contributed by atoms with Crippen LogP contribution in [0.4, 0.5) is 0 Å². The van der Waals surface area contributed by atoms with Gasteiger partial charge in [-0.25, -0.2) is 0 Å². The van der Waals surface area contributed by atoms with E-state index in [2.05, 4.69) is 47.8 Å². The molecule has 0 unspecified atom stereocenters. The molecule has 2 atom stereocenters. The smallest absolute Gasteiger partial charge is 0.144 e. The predicted octanol–water partition coefficient (Wildman–Crippen LogP) is 3.84. The fraction of sp³-hybridized carbons (Fsp3) is 0.500. The molecule has 0 heterocycles. The minimum atomic E-state index is -0.577. The summed E-state index contributed by atoms with van der Waals surface area (Å²) in [6.45, 7) is 0. The van der Waals surface area contributed by atoms with Gasteiger partial charge in [-0.1, -0.05) is 22.4 Å². The van der Waals surface area contributed by atoms with Crippen molar-refractivity contribution in [3.05, 3.63) is 25.0 Å². The van der Waals surface area contributed by atoms with E-state index in [-0.39, 0.29) is 11.7 Å². The van der Waals surface area contributed by atoms with E-state index in [1.54, 1.807) is 6.07 Å². The highest BCUT2D eigenvalue weighted by Gasteiger charge is 2.33. The van der Waals surface area contributed by atoms with E-state index in [1.165, 1.54) is 0 Å². The number of nitrogens with two attached hydrogens (primary N) is 1. The fourth-order valence-corrected chi connectivity index (χ4v) is 4.79. The van der Waals surface area contributed by atoms with E-state index in [0.29, 0.717) is 14.5 Å². The number of aliphatic hydroxyl groups excluding tert-OH is 1. The van der Waals surface area contributed by atoms with Gasteiger partial charge in [0, 0.05) is 10.0 Å². The lowest BCUT2D eigenvalue weighted by Crippen LogP contribution is -2.36. The molecule has 0 saturated heterocycles. The third kappa shape index (κ3) is 2.63. The summed E-state index contributed by atoms with van der Waals surface area (Å²) in [5.41, 5.74) is 6.84. The summed E-state index contributed by atoms with van der Waals surface area (Å²) in [4.78, 5) is 0. The molecule has 0 aliphatic heterocycles. The van der Waals surface area contributed by atoms with Crippen LogP contribution in [0.2, 0.25) is 0 Å². The molecule has 1 fully saturated rings. The predicted molar refractivity (Wildman–Crippen MR) is 81.5 cm³/mol. The minimum Gasteiger partial charge on any atom is -0.506 e. The SMILES string of the molecule is N[C@@H](c1c(Br)cc(Br)c(O)c1Br)[C@H](O)C1CCC1. The topological polar surface area (TPSA) is 66.5 Å². The average Bonchev–Trinajstić information content (AvgIpc) is 2.23. The maximum atomic E-state index is 10.2. The Morgan fingerprint density at radius 2 is 1.83 bits per heavy atom. The Kier molecular flexibility index (Phi) is 4.75. The van der Waals surface area contributed by atoms with Gasteiger partial charge in [-0.3, -0.25) is 0 Å². The first-order chi connectivity index (χ1) is 8.43. The van der Waals surface area contributed by atoms with Crippen molar-refractivity contribution in [3.63, 3.8) is 0 Å². The molecule has 2 rings (SSSR count). The van der Waals surface area contributed by atoms with Crippen molar-refractivity contribution in [3.8, 4) is 5.75 Å². The van der Waals surface area contributed by atoms with Crippen LogP contribution in [0, 0.1) is 5.92 Å². The van der Waals surface area contributed by atoms with Gasteiger partial charge in [0.15, 0.2) is 0 Å². The van der Waals surface area contributed by atoms with Crippen LogP contribution in [-0.4, -0.2) is 16.3 Å². The van der Waals surface area contributed by atoms with Gasteiger partial charge in [-0.2, -0.15) is 0 Å². The molecule has 0 radical (unpaired) electrons. The lowest BCUT2D eigenvalue weighted by Gasteiger charge is -2.34. The van der Waals surface area contributed by atoms with E-state index in [9.17, 15) is 10.2 Å². The molecule has 1 aliphatic rings. The number of rotatable bonds is 3. The second-order valence-corrected chi connectivity index (χ2v) is 7.13. The maximum absolute atomic E-state index is 10.2. The van der Waals surface area contributed by atoms with E-state index >= 15 is 0 Å². The number of phenols is 1. The highest BCUT2D eigenvalue weighted by Crippen LogP contribution is 2.44. The lowest BCUT2D eigenvalue weighted by atomic mass is 9.77. The van der Waals surface area contributed by atoms with Gasteiger partial charge in [0.05, 0.1) is 21.1 Å². The van der Waals surface area contributed by atoms with Crippen molar-refractivity contribution in [2.75, 3.05) is 0 Å². The number of hydrogen-bond donors (Lipinski definition) is 3. The first-order valence-corrected chi connectivity index (χ1v) is 8.11. The third-order valence-corrected chi connectivity index (χ3v) is 5.58. The molecule has 6 heteroatoms. The van der Waals surface area contributed by atoms with Crippen molar-refractivity contribution in [1.82, 2.24) is 0 Å². The number of hydrogen-bond acceptors (Lipinski definition) is 3. The summed E-state index contributed by atoms with van der Waals surface area (Å²) in [6, 6.07) is 1.22. The molecule has 0 aromatic heterocycles. The highest BCUT2D eigenvalue weighted by molar-refractivity contribution is 9.11. The molecule has 0 spiro atoms. The maximum Gasteiger partial charge on any atom is 0.144 e. The van der Waals surface area contributed by atoms with Crippen LogP contribution < -0.4 is 5.73 Å². The number of benzene rings is 1. The number of phenolic OH excluding ortho intramolecular Hbond substituents is 1. The Morgan fingerprint density at radius 3 is 2.33 bits per heavy atom. The molecule has 1 aromatic carbocycles. The van der Waals surface area contributed by atoms with Gasteiger partial charge in [-0.05, 0) is 56.7 Å². The largest absolute Gasteiger partial charge is 0.506 e. The number of aliphatic hydroxyl groups is 1. The number of halogens is 3. The van der Waals surface area contributed by atoms with Crippen LogP contribution >= 0.6 is 47.8 Å². The Morgan fingerprint density at radius 1 is 1.22 bits per heavy atom. The molecule has 4 N–H and O–H groups in total. The third-order valence-electron chi connectivity index (χ3n) is 3.52. The van der Waals surface area contributed by atoms with Crippen LogP contribution in [0.25, 0.3) is 0 Å². The molecule has 3 nitrogen and oxygen atoms in total. The Labute approximate surface area is 131 Å². The monoisotopic (exact) mass is 441 g/mol. The van der Waals surface area contributed by atoms with Crippen LogP contribution in [-0.2, 0) is 0 Å². The zero-order valence-corrected chi connectivity index (χ0v) is 14.3. The first-order valence-electron chi connectivity index (χ1n) is 5.73. The molecule has 18 heavy (non-hydrogen) atoms. The van der Waals surface area contributed by atoms with Gasteiger partial charge in [0.2, 0.25) is 0 Å². The zero-order chi connectivity index (χ0) is 13.4. The summed E-state index contributed by atoms with van der Waals surface area (Å²) in [5, 5.41) is 20.1. The van der Waals surface area contributed by atoms with Crippen molar-refractivity contribution < 1.29 is 10.2 Å². The second-order valence-electron chi connectivity index (χ2n) is 4.62. The minimum absolute atomic E-state index is 0.101. The van der Waals surface area contributed by atoms with Crippen LogP contribution in [0.1, 0.15) is 30.9 Å². The Hall–Kier alpha value is 0.380. The van der Waals surface area contributed by atoms with Gasteiger partial charge in [-0.15, -0.1) is 0 Å². The molecule has 0 amide bonds. The summed E-state index contributed by atoms with van der Waals surface area (Å²) in [6.07, 6.45) is 2.62. The summed E-state index contributed by atoms with van der Waals surface area (Å²) in [5.74, 6) is 0.369. The lowest BCUT2D eigenvalue weighted by molar-refractivity contribution is 0.0410. The number of aromatic hydroxyl groups is 1. The first kappa shape index (κ1) is 14.8. The van der Waals surface area contributed by atoms with Gasteiger partial charge in [0.25, 0.3) is 0 Å². The quantitative estimate of drug-likeness (QED) is 0.665. The molecule has 1 aliphatic carbocycles. The van der Waals surface area contributed by atoms with Crippen LogP contribution in [0.5, 0.6) is 5.75 Å². The molecule has 1 aromatic rings. The molecule has 1 saturated carbocycles. The average molecular weight is 444 g/mol. The van der Waals surface area contributed by atoms with E-state index in [1.807, 2.05) is 0 Å². The summed E-state index contributed by atoms with van der Waals surface area (Å²) >= 11 is 10.0. The van der Waals surface area contributed by atoms with Crippen LogP contribution in [0.3, 0.4) is 0 Å². The van der Waals surface area contributed by atoms with Gasteiger partial charge < -0.3 is 15.9 Å². The van der Waals surface area contributed by atoms with Gasteiger partial charge in [0.1, 0.15) is 5.75 Å². The van der Waals surface area contributed by atoms with E-state index in [4.69, 9.17) is 5.73 Å². The fourth-order valence-electron chi connectivity index (χ4n) is 2.15. The molecule has 0 bridgehead atoms. The van der Waals surface area contributed by atoms with Gasteiger partial charge >= 0.3 is 0 Å². The van der Waals surface area contributed by atoms with Crippen molar-refractivity contribution >= 4 is 47.8 Å². The Bertz CT molecular complexity index is 463. The van der Waals surface area contributed by atoms with Crippen LogP contribution in [0.15, 0.2) is 19.5 Å². The van der Waals surface area contributed by atoms with Crippen molar-refractivity contribution in [2.45, 2.75) is 31.4 Å². The standard InChI is InChI=1S/C12H14Br3NO2/c13-6-4-7(14)12(18)9(15)8(6)10(16)11(17)5-2-1-3-5/h4-5,10-11,17-18H,1-3,16H2/t10-,11+/m0/s1. The highest BCUT2D eigenvalue weighted by atomic mass is 79.9. The molecular weight excluding hydrogens is 430 g/mol. The summed E-state index contributed by atoms with van der Waals surface area (Å²) in [7, 11) is 0. The normalized spacial score (nSPS) is 19.4. The Balaban J connectivity index is 2.34. The second kappa shape index (κ2) is 5.79. The van der Waals surface area contributed by atoms with E-state index in [0.717, 1.165) is 23.7 Å².